The molecule has 0 spiro atoms. The lowest BCUT2D eigenvalue weighted by atomic mass is 10.2. The second-order valence-electron chi connectivity index (χ2n) is 6.38. The van der Waals surface area contributed by atoms with E-state index in [0.29, 0.717) is 24.5 Å². The summed E-state index contributed by atoms with van der Waals surface area (Å²) in [5.74, 6) is 1.29. The molecule has 7 heteroatoms. The Balaban J connectivity index is 1.45. The van der Waals surface area contributed by atoms with Gasteiger partial charge in [-0.05, 0) is 24.6 Å². The standard InChI is InChI=1S/C21H20N6O/c1-16-18(13-25-27(16)19-9-5-6-10-22-19)21(28)24-14-20-23-11-12-26(20)15-17-7-3-2-4-8-17/h2-13H,14-15H2,1H3,(H,24,28). The van der Waals surface area contributed by atoms with E-state index in [1.54, 1.807) is 23.3 Å². The van der Waals surface area contributed by atoms with Crippen LogP contribution in [-0.4, -0.2) is 30.2 Å². The summed E-state index contributed by atoms with van der Waals surface area (Å²) in [5, 5.41) is 7.24. The smallest absolute Gasteiger partial charge is 0.255 e. The molecular formula is C21H20N6O. The zero-order chi connectivity index (χ0) is 19.3. The summed E-state index contributed by atoms with van der Waals surface area (Å²) in [4.78, 5) is 21.3. The Bertz CT molecular complexity index is 1070. The van der Waals surface area contributed by atoms with Crippen molar-refractivity contribution in [2.24, 2.45) is 0 Å². The molecule has 3 heterocycles. The third kappa shape index (κ3) is 3.68. The minimum atomic E-state index is -0.186. The fourth-order valence-electron chi connectivity index (χ4n) is 3.03. The molecule has 0 unspecified atom stereocenters. The number of hydrogen-bond acceptors (Lipinski definition) is 4. The number of benzene rings is 1. The Morgan fingerprint density at radius 3 is 2.64 bits per heavy atom. The molecule has 1 aromatic carbocycles. The lowest BCUT2D eigenvalue weighted by molar-refractivity contribution is 0.0949. The molecule has 0 bridgehead atoms. The highest BCUT2D eigenvalue weighted by molar-refractivity contribution is 5.95. The number of amides is 1. The van der Waals surface area contributed by atoms with Crippen molar-refractivity contribution in [1.29, 1.82) is 0 Å². The first kappa shape index (κ1) is 17.7. The van der Waals surface area contributed by atoms with Crippen molar-refractivity contribution in [3.05, 3.63) is 96.0 Å². The number of carbonyl (C=O) groups is 1. The van der Waals surface area contributed by atoms with Gasteiger partial charge >= 0.3 is 0 Å². The fourth-order valence-corrected chi connectivity index (χ4v) is 3.03. The van der Waals surface area contributed by atoms with Gasteiger partial charge in [0.15, 0.2) is 5.82 Å². The van der Waals surface area contributed by atoms with Gasteiger partial charge in [0, 0.05) is 25.1 Å². The summed E-state index contributed by atoms with van der Waals surface area (Å²) in [5.41, 5.74) is 2.44. The van der Waals surface area contributed by atoms with E-state index in [4.69, 9.17) is 0 Å². The van der Waals surface area contributed by atoms with Crippen molar-refractivity contribution >= 4 is 5.91 Å². The Morgan fingerprint density at radius 2 is 1.86 bits per heavy atom. The molecule has 4 rings (SSSR count). The third-order valence-electron chi connectivity index (χ3n) is 4.53. The van der Waals surface area contributed by atoms with E-state index in [2.05, 4.69) is 32.5 Å². The molecule has 0 aliphatic carbocycles. The van der Waals surface area contributed by atoms with Crippen molar-refractivity contribution in [1.82, 2.24) is 29.6 Å². The van der Waals surface area contributed by atoms with Crippen LogP contribution in [0.15, 0.2) is 73.3 Å². The van der Waals surface area contributed by atoms with Gasteiger partial charge in [-0.2, -0.15) is 5.10 Å². The lowest BCUT2D eigenvalue weighted by Crippen LogP contribution is -2.25. The van der Waals surface area contributed by atoms with Gasteiger partial charge in [-0.3, -0.25) is 4.79 Å². The first-order valence-electron chi connectivity index (χ1n) is 9.00. The van der Waals surface area contributed by atoms with Crippen LogP contribution in [0, 0.1) is 6.92 Å². The molecule has 3 aromatic heterocycles. The number of imidazole rings is 1. The molecule has 28 heavy (non-hydrogen) atoms. The fraction of sp³-hybridized carbons (Fsp3) is 0.143. The first-order valence-corrected chi connectivity index (χ1v) is 9.00. The van der Waals surface area contributed by atoms with Crippen molar-refractivity contribution < 1.29 is 4.79 Å². The Hall–Kier alpha value is -3.74. The predicted octanol–water partition coefficient (Wildman–Crippen LogP) is 2.75. The highest BCUT2D eigenvalue weighted by Crippen LogP contribution is 2.12. The maximum atomic E-state index is 12.7. The Labute approximate surface area is 162 Å². The zero-order valence-corrected chi connectivity index (χ0v) is 15.5. The molecule has 0 saturated carbocycles. The highest BCUT2D eigenvalue weighted by atomic mass is 16.1. The average molecular weight is 372 g/mol. The van der Waals surface area contributed by atoms with E-state index in [9.17, 15) is 4.79 Å². The summed E-state index contributed by atoms with van der Waals surface area (Å²) in [7, 11) is 0. The van der Waals surface area contributed by atoms with Crippen LogP contribution in [0.25, 0.3) is 5.82 Å². The minimum absolute atomic E-state index is 0.186. The van der Waals surface area contributed by atoms with E-state index in [1.807, 2.05) is 54.1 Å². The van der Waals surface area contributed by atoms with Crippen molar-refractivity contribution in [2.45, 2.75) is 20.0 Å². The summed E-state index contributed by atoms with van der Waals surface area (Å²) >= 11 is 0. The quantitative estimate of drug-likeness (QED) is 0.565. The first-order chi connectivity index (χ1) is 13.7. The molecule has 0 atom stereocenters. The number of rotatable bonds is 6. The highest BCUT2D eigenvalue weighted by Gasteiger charge is 2.16. The molecule has 0 aliphatic rings. The van der Waals surface area contributed by atoms with Gasteiger partial charge in [-0.15, -0.1) is 0 Å². The molecule has 1 N–H and O–H groups in total. The molecule has 0 aliphatic heterocycles. The Kier molecular flexibility index (Phi) is 4.97. The molecule has 4 aromatic rings. The van der Waals surface area contributed by atoms with Crippen LogP contribution in [-0.2, 0) is 13.1 Å². The number of aromatic nitrogens is 5. The summed E-state index contributed by atoms with van der Waals surface area (Å²) < 4.78 is 3.69. The van der Waals surface area contributed by atoms with Crippen LogP contribution in [0.1, 0.15) is 27.4 Å². The van der Waals surface area contributed by atoms with E-state index in [0.717, 1.165) is 11.5 Å². The molecule has 7 nitrogen and oxygen atoms in total. The Morgan fingerprint density at radius 1 is 1.04 bits per heavy atom. The largest absolute Gasteiger partial charge is 0.345 e. The van der Waals surface area contributed by atoms with Gasteiger partial charge in [-0.25, -0.2) is 14.6 Å². The topological polar surface area (TPSA) is 77.6 Å². The predicted molar refractivity (Wildman–Crippen MR) is 105 cm³/mol. The second kappa shape index (κ2) is 7.87. The van der Waals surface area contributed by atoms with E-state index in [-0.39, 0.29) is 5.91 Å². The van der Waals surface area contributed by atoms with E-state index >= 15 is 0 Å². The normalized spacial score (nSPS) is 10.8. The summed E-state index contributed by atoms with van der Waals surface area (Å²) in [6, 6.07) is 15.7. The van der Waals surface area contributed by atoms with Gasteiger partial charge in [-0.1, -0.05) is 36.4 Å². The average Bonchev–Trinajstić information content (AvgIpc) is 3.34. The third-order valence-corrected chi connectivity index (χ3v) is 4.53. The maximum Gasteiger partial charge on any atom is 0.255 e. The zero-order valence-electron chi connectivity index (χ0n) is 15.5. The lowest BCUT2D eigenvalue weighted by Gasteiger charge is -2.09. The molecule has 1 amide bonds. The van der Waals surface area contributed by atoms with Crippen molar-refractivity contribution in [3.8, 4) is 5.82 Å². The van der Waals surface area contributed by atoms with Crippen LogP contribution in [0.3, 0.4) is 0 Å². The number of nitrogens with one attached hydrogen (secondary N) is 1. The number of carbonyl (C=O) groups excluding carboxylic acids is 1. The molecule has 140 valence electrons. The minimum Gasteiger partial charge on any atom is -0.345 e. The van der Waals surface area contributed by atoms with Crippen molar-refractivity contribution in [3.63, 3.8) is 0 Å². The molecule has 0 fully saturated rings. The van der Waals surface area contributed by atoms with Gasteiger partial charge in [0.05, 0.1) is 24.0 Å². The molecule has 0 saturated heterocycles. The van der Waals surface area contributed by atoms with Crippen molar-refractivity contribution in [2.75, 3.05) is 0 Å². The van der Waals surface area contributed by atoms with Crippen LogP contribution in [0.4, 0.5) is 0 Å². The summed E-state index contributed by atoms with van der Waals surface area (Å²) in [6.07, 6.45) is 6.92. The van der Waals surface area contributed by atoms with Crippen LogP contribution in [0.2, 0.25) is 0 Å². The van der Waals surface area contributed by atoms with E-state index in [1.165, 1.54) is 5.56 Å². The number of pyridine rings is 1. The van der Waals surface area contributed by atoms with Crippen LogP contribution in [0.5, 0.6) is 0 Å². The number of nitrogens with zero attached hydrogens (tertiary/aromatic N) is 5. The van der Waals surface area contributed by atoms with E-state index < -0.39 is 0 Å². The second-order valence-corrected chi connectivity index (χ2v) is 6.38. The van der Waals surface area contributed by atoms with Crippen LogP contribution >= 0.6 is 0 Å². The van der Waals surface area contributed by atoms with Gasteiger partial charge in [0.25, 0.3) is 5.91 Å². The SMILES string of the molecule is Cc1c(C(=O)NCc2nccn2Cc2ccccc2)cnn1-c1ccccn1. The van der Waals surface area contributed by atoms with Crippen LogP contribution < -0.4 is 5.32 Å². The van der Waals surface area contributed by atoms with Gasteiger partial charge < -0.3 is 9.88 Å². The molecular weight excluding hydrogens is 352 g/mol. The van der Waals surface area contributed by atoms with Gasteiger partial charge in [0.2, 0.25) is 0 Å². The summed E-state index contributed by atoms with van der Waals surface area (Å²) in [6.45, 7) is 2.91. The maximum absolute atomic E-state index is 12.7. The monoisotopic (exact) mass is 372 g/mol. The number of hydrogen-bond donors (Lipinski definition) is 1. The molecule has 0 radical (unpaired) electrons. The van der Waals surface area contributed by atoms with Gasteiger partial charge in [0.1, 0.15) is 5.82 Å².